The van der Waals surface area contributed by atoms with Crippen LogP contribution in [0.2, 0.25) is 0 Å². The second-order valence-electron chi connectivity index (χ2n) is 8.37. The Balaban J connectivity index is 1.80. The van der Waals surface area contributed by atoms with Crippen molar-refractivity contribution < 1.29 is 0 Å². The topological polar surface area (TPSA) is 43.1 Å². The first kappa shape index (κ1) is 20.7. The smallest absolute Gasteiger partial charge is 0.160 e. The molecule has 0 aliphatic carbocycles. The van der Waals surface area contributed by atoms with Crippen LogP contribution in [0.15, 0.2) is 106 Å². The maximum Gasteiger partial charge on any atom is 0.160 e. The molecule has 0 saturated carbocycles. The number of fused-ring (bicyclic) bond motifs is 8. The van der Waals surface area contributed by atoms with Crippen molar-refractivity contribution in [3.05, 3.63) is 106 Å². The molecule has 0 bridgehead atoms. The molecule has 4 nitrogen and oxygen atoms in total. The van der Waals surface area contributed by atoms with E-state index in [2.05, 4.69) is 84.8 Å². The third-order valence-corrected chi connectivity index (χ3v) is 7.60. The van der Waals surface area contributed by atoms with Gasteiger partial charge in [0.05, 0.1) is 16.7 Å². The molecule has 4 aromatic carbocycles. The third-order valence-electron chi connectivity index (χ3n) is 6.32. The molecule has 0 spiro atoms. The molecule has 7 aromatic rings. The highest BCUT2D eigenvalue weighted by atomic mass is 79.9. The van der Waals surface area contributed by atoms with Crippen molar-refractivity contribution in [1.82, 2.24) is 19.4 Å². The van der Waals surface area contributed by atoms with Crippen LogP contribution in [0, 0.1) is 0 Å². The number of nitrogens with zero attached hydrogens (tertiary/aromatic N) is 4. The number of rotatable bonds is 2. The maximum atomic E-state index is 5.16. The van der Waals surface area contributed by atoms with Gasteiger partial charge in [-0.25, -0.2) is 15.0 Å². The molecule has 0 aliphatic rings. The molecule has 0 aliphatic heterocycles. The van der Waals surface area contributed by atoms with E-state index in [0.29, 0.717) is 5.82 Å². The van der Waals surface area contributed by atoms with Crippen LogP contribution in [-0.2, 0) is 0 Å². The molecule has 0 atom stereocenters. The normalized spacial score (nSPS) is 11.7. The predicted molar refractivity (Wildman–Crippen MR) is 150 cm³/mol. The molecule has 3 heterocycles. The van der Waals surface area contributed by atoms with Gasteiger partial charge >= 0.3 is 0 Å². The van der Waals surface area contributed by atoms with Gasteiger partial charge < -0.3 is 0 Å². The van der Waals surface area contributed by atoms with E-state index in [1.54, 1.807) is 0 Å². The first-order valence-electron chi connectivity index (χ1n) is 11.2. The van der Waals surface area contributed by atoms with E-state index in [1.807, 2.05) is 48.5 Å². The maximum absolute atomic E-state index is 5.16. The molecule has 3 aromatic heterocycles. The summed E-state index contributed by atoms with van der Waals surface area (Å²) in [5, 5.41) is 2.10. The summed E-state index contributed by atoms with van der Waals surface area (Å²) in [4.78, 5) is 15.4. The van der Waals surface area contributed by atoms with Crippen LogP contribution in [-0.4, -0.2) is 19.4 Å². The highest BCUT2D eigenvalue weighted by molar-refractivity contribution is 9.11. The number of pyridine rings is 1. The number of benzene rings is 4. The summed E-state index contributed by atoms with van der Waals surface area (Å²) in [5.74, 6) is 0.700. The average Bonchev–Trinajstić information content (AvgIpc) is 3.34. The molecule has 0 amide bonds. The van der Waals surface area contributed by atoms with Crippen molar-refractivity contribution in [2.45, 2.75) is 0 Å². The lowest BCUT2D eigenvalue weighted by Gasteiger charge is -2.14. The number of halogens is 2. The zero-order valence-electron chi connectivity index (χ0n) is 18.3. The van der Waals surface area contributed by atoms with Crippen LogP contribution in [0.4, 0.5) is 0 Å². The van der Waals surface area contributed by atoms with E-state index in [-0.39, 0.29) is 0 Å². The Morgan fingerprint density at radius 3 is 1.89 bits per heavy atom. The molecular weight excluding hydrogens is 564 g/mol. The highest BCUT2D eigenvalue weighted by Gasteiger charge is 2.22. The Morgan fingerprint density at radius 2 is 1.14 bits per heavy atom. The van der Waals surface area contributed by atoms with Crippen LogP contribution in [0.25, 0.3) is 61.1 Å². The molecule has 0 N–H and O–H groups in total. The van der Waals surface area contributed by atoms with Gasteiger partial charge in [-0.2, -0.15) is 0 Å². The van der Waals surface area contributed by atoms with E-state index in [4.69, 9.17) is 15.0 Å². The van der Waals surface area contributed by atoms with Gasteiger partial charge in [-0.05, 0) is 44.0 Å². The van der Waals surface area contributed by atoms with Crippen LogP contribution in [0.5, 0.6) is 0 Å². The molecule has 0 saturated heterocycles. The summed E-state index contributed by atoms with van der Waals surface area (Å²) < 4.78 is 4.12. The lowest BCUT2D eigenvalue weighted by atomic mass is 10.0. The molecule has 0 radical (unpaired) electrons. The lowest BCUT2D eigenvalue weighted by Crippen LogP contribution is -2.01. The first-order valence-corrected chi connectivity index (χ1v) is 12.8. The number of imidazole rings is 1. The van der Waals surface area contributed by atoms with Crippen molar-refractivity contribution in [1.29, 1.82) is 0 Å². The number of hydrogen-bond donors (Lipinski definition) is 0. The van der Waals surface area contributed by atoms with E-state index in [1.165, 1.54) is 0 Å². The molecule has 6 heteroatoms. The van der Waals surface area contributed by atoms with Gasteiger partial charge in [-0.15, -0.1) is 0 Å². The molecule has 166 valence electrons. The van der Waals surface area contributed by atoms with Crippen LogP contribution >= 0.6 is 31.9 Å². The van der Waals surface area contributed by atoms with Gasteiger partial charge in [0.25, 0.3) is 0 Å². The fourth-order valence-electron chi connectivity index (χ4n) is 4.76. The van der Waals surface area contributed by atoms with Gasteiger partial charge in [0.15, 0.2) is 5.82 Å². The summed E-state index contributed by atoms with van der Waals surface area (Å²) >= 11 is 7.51. The van der Waals surface area contributed by atoms with Gasteiger partial charge in [0.2, 0.25) is 0 Å². The van der Waals surface area contributed by atoms with Crippen LogP contribution in [0.1, 0.15) is 0 Å². The SMILES string of the molecule is Brc1ccc(Br)c2c1nc1c3ccccc3c3nc(-c4ccccc4)nc(-c4ccccc4)c3n12. The van der Waals surface area contributed by atoms with Gasteiger partial charge in [-0.3, -0.25) is 4.40 Å². The number of hydrogen-bond acceptors (Lipinski definition) is 3. The summed E-state index contributed by atoms with van der Waals surface area (Å²) in [5.41, 5.74) is 7.47. The summed E-state index contributed by atoms with van der Waals surface area (Å²) in [7, 11) is 0. The Hall–Kier alpha value is -3.61. The van der Waals surface area contributed by atoms with Crippen molar-refractivity contribution in [3.63, 3.8) is 0 Å². The Bertz CT molecular complexity index is 1910. The number of aromatic nitrogens is 4. The van der Waals surface area contributed by atoms with Crippen LogP contribution in [0.3, 0.4) is 0 Å². The van der Waals surface area contributed by atoms with Gasteiger partial charge in [-0.1, -0.05) is 84.9 Å². The lowest BCUT2D eigenvalue weighted by molar-refractivity contribution is 1.19. The summed E-state index contributed by atoms with van der Waals surface area (Å²) in [6.45, 7) is 0. The van der Waals surface area contributed by atoms with Gasteiger partial charge in [0.1, 0.15) is 16.7 Å². The zero-order chi connectivity index (χ0) is 23.5. The van der Waals surface area contributed by atoms with Crippen molar-refractivity contribution >= 4 is 70.3 Å². The van der Waals surface area contributed by atoms with E-state index < -0.39 is 0 Å². The van der Waals surface area contributed by atoms with Crippen molar-refractivity contribution in [2.24, 2.45) is 0 Å². The molecule has 0 fully saturated rings. The summed E-state index contributed by atoms with van der Waals surface area (Å²) in [6.07, 6.45) is 0. The van der Waals surface area contributed by atoms with Crippen molar-refractivity contribution in [2.75, 3.05) is 0 Å². The minimum atomic E-state index is 0.700. The molecule has 0 unspecified atom stereocenters. The predicted octanol–water partition coefficient (Wildman–Crippen LogP) is 8.44. The average molecular weight is 580 g/mol. The second-order valence-corrected chi connectivity index (χ2v) is 10.1. The first-order chi connectivity index (χ1) is 17.2. The third kappa shape index (κ3) is 3.14. The Labute approximate surface area is 217 Å². The molecule has 7 rings (SSSR count). The van der Waals surface area contributed by atoms with Crippen LogP contribution < -0.4 is 0 Å². The largest absolute Gasteiger partial charge is 0.287 e. The summed E-state index contributed by atoms with van der Waals surface area (Å²) in [6, 6.07) is 32.9. The Kier molecular flexibility index (Phi) is 4.72. The monoisotopic (exact) mass is 578 g/mol. The van der Waals surface area contributed by atoms with E-state index in [9.17, 15) is 0 Å². The van der Waals surface area contributed by atoms with Gasteiger partial charge in [0, 0.05) is 30.8 Å². The minimum absolute atomic E-state index is 0.700. The van der Waals surface area contributed by atoms with E-state index in [0.717, 1.165) is 64.3 Å². The minimum Gasteiger partial charge on any atom is -0.287 e. The highest BCUT2D eigenvalue weighted by Crippen LogP contribution is 2.40. The Morgan fingerprint density at radius 1 is 0.514 bits per heavy atom. The standard InChI is InChI=1S/C29H16Br2N4/c30-21-15-16-22(31)26-25(21)34-29-20-14-8-7-13-19(20)24-27(35(26)29)23(17-9-3-1-4-10-17)32-28(33-24)18-11-5-2-6-12-18/h1-16H. The zero-order valence-corrected chi connectivity index (χ0v) is 21.5. The fourth-order valence-corrected chi connectivity index (χ4v) is 5.67. The second kappa shape index (κ2) is 7.97. The quantitative estimate of drug-likeness (QED) is 0.193. The molecule has 35 heavy (non-hydrogen) atoms. The van der Waals surface area contributed by atoms with E-state index >= 15 is 0 Å². The van der Waals surface area contributed by atoms with Crippen molar-refractivity contribution in [3.8, 4) is 22.6 Å². The fraction of sp³-hybridized carbons (Fsp3) is 0. The molecular formula is C29H16Br2N4.